The summed E-state index contributed by atoms with van der Waals surface area (Å²) in [6.45, 7) is 5.74. The third-order valence-corrected chi connectivity index (χ3v) is 2.25. The van der Waals surface area contributed by atoms with Gasteiger partial charge in [0.15, 0.2) is 0 Å². The number of carboxylic acid groups (broad SMARTS) is 1. The van der Waals surface area contributed by atoms with Gasteiger partial charge in [-0.15, -0.1) is 0 Å². The van der Waals surface area contributed by atoms with Crippen LogP contribution in [0.1, 0.15) is 40.0 Å². The SMILES string of the molecule is CNCCCC(=O)N[C@@H](CC(=O)OC(C)(C)C)C(=O)O. The van der Waals surface area contributed by atoms with Gasteiger partial charge in [-0.1, -0.05) is 0 Å². The minimum Gasteiger partial charge on any atom is -0.480 e. The topological polar surface area (TPSA) is 105 Å². The number of hydrogen-bond donors (Lipinski definition) is 3. The Morgan fingerprint density at radius 1 is 1.25 bits per heavy atom. The van der Waals surface area contributed by atoms with Crippen molar-refractivity contribution in [3.63, 3.8) is 0 Å². The molecule has 0 aromatic heterocycles. The van der Waals surface area contributed by atoms with Gasteiger partial charge in [-0.3, -0.25) is 9.59 Å². The Bertz CT molecular complexity index is 349. The van der Waals surface area contributed by atoms with E-state index >= 15 is 0 Å². The Morgan fingerprint density at radius 2 is 1.85 bits per heavy atom. The van der Waals surface area contributed by atoms with Crippen LogP contribution in [0.15, 0.2) is 0 Å². The Morgan fingerprint density at radius 3 is 2.30 bits per heavy atom. The van der Waals surface area contributed by atoms with Gasteiger partial charge in [0.25, 0.3) is 0 Å². The summed E-state index contributed by atoms with van der Waals surface area (Å²) in [5.74, 6) is -2.30. The molecule has 0 unspecified atom stereocenters. The summed E-state index contributed by atoms with van der Waals surface area (Å²) in [6.07, 6.45) is 0.421. The molecular formula is C13H24N2O5. The van der Waals surface area contributed by atoms with E-state index in [0.717, 1.165) is 0 Å². The predicted molar refractivity (Wildman–Crippen MR) is 73.2 cm³/mol. The molecule has 0 rings (SSSR count). The number of carbonyl (C=O) groups excluding carboxylic acids is 2. The van der Waals surface area contributed by atoms with Crippen molar-refractivity contribution in [1.29, 1.82) is 0 Å². The van der Waals surface area contributed by atoms with Crippen LogP contribution in [-0.2, 0) is 19.1 Å². The van der Waals surface area contributed by atoms with Gasteiger partial charge in [0, 0.05) is 6.42 Å². The average molecular weight is 288 g/mol. The first-order valence-corrected chi connectivity index (χ1v) is 6.54. The van der Waals surface area contributed by atoms with E-state index < -0.39 is 29.5 Å². The second-order valence-corrected chi connectivity index (χ2v) is 5.46. The number of hydrogen-bond acceptors (Lipinski definition) is 5. The molecule has 0 saturated carbocycles. The monoisotopic (exact) mass is 288 g/mol. The summed E-state index contributed by atoms with van der Waals surface area (Å²) in [5.41, 5.74) is -0.684. The van der Waals surface area contributed by atoms with E-state index in [4.69, 9.17) is 9.84 Å². The summed E-state index contributed by atoms with van der Waals surface area (Å²) >= 11 is 0. The second kappa shape index (κ2) is 8.52. The van der Waals surface area contributed by atoms with E-state index in [9.17, 15) is 14.4 Å². The summed E-state index contributed by atoms with van der Waals surface area (Å²) in [5, 5.41) is 14.2. The van der Waals surface area contributed by atoms with Crippen LogP contribution in [0.2, 0.25) is 0 Å². The Kier molecular flexibility index (Phi) is 7.83. The van der Waals surface area contributed by atoms with Gasteiger partial charge >= 0.3 is 11.9 Å². The highest BCUT2D eigenvalue weighted by Crippen LogP contribution is 2.09. The van der Waals surface area contributed by atoms with Crippen molar-refractivity contribution in [2.24, 2.45) is 0 Å². The fourth-order valence-electron chi connectivity index (χ4n) is 1.44. The third kappa shape index (κ3) is 9.32. The third-order valence-electron chi connectivity index (χ3n) is 2.25. The molecule has 0 saturated heterocycles. The molecule has 20 heavy (non-hydrogen) atoms. The maximum absolute atomic E-state index is 11.6. The van der Waals surface area contributed by atoms with E-state index in [1.807, 2.05) is 0 Å². The second-order valence-electron chi connectivity index (χ2n) is 5.46. The predicted octanol–water partition coefficient (Wildman–Crippen LogP) is 0.287. The number of carbonyl (C=O) groups is 3. The fraction of sp³-hybridized carbons (Fsp3) is 0.769. The van der Waals surface area contributed by atoms with Gasteiger partial charge < -0.3 is 20.5 Å². The fourth-order valence-corrected chi connectivity index (χ4v) is 1.44. The zero-order chi connectivity index (χ0) is 15.8. The van der Waals surface area contributed by atoms with E-state index in [1.165, 1.54) is 0 Å². The quantitative estimate of drug-likeness (QED) is 0.438. The van der Waals surface area contributed by atoms with Crippen LogP contribution in [0.4, 0.5) is 0 Å². The van der Waals surface area contributed by atoms with Crippen LogP contribution >= 0.6 is 0 Å². The van der Waals surface area contributed by atoms with E-state index in [0.29, 0.717) is 13.0 Å². The number of esters is 1. The molecule has 3 N–H and O–H groups in total. The lowest BCUT2D eigenvalue weighted by atomic mass is 10.1. The van der Waals surface area contributed by atoms with Crippen LogP contribution in [-0.4, -0.2) is 48.2 Å². The molecule has 0 radical (unpaired) electrons. The minimum absolute atomic E-state index is 0.207. The van der Waals surface area contributed by atoms with Crippen LogP contribution in [0, 0.1) is 0 Å². The largest absolute Gasteiger partial charge is 0.480 e. The van der Waals surface area contributed by atoms with Gasteiger partial charge in [-0.2, -0.15) is 0 Å². The molecule has 1 atom stereocenters. The molecule has 1 amide bonds. The van der Waals surface area contributed by atoms with Crippen LogP contribution in [0.25, 0.3) is 0 Å². The van der Waals surface area contributed by atoms with Crippen molar-refractivity contribution < 1.29 is 24.2 Å². The van der Waals surface area contributed by atoms with Gasteiger partial charge in [-0.25, -0.2) is 4.79 Å². The van der Waals surface area contributed by atoms with Crippen molar-refractivity contribution >= 4 is 17.8 Å². The lowest BCUT2D eigenvalue weighted by Gasteiger charge is -2.21. The smallest absolute Gasteiger partial charge is 0.326 e. The molecule has 0 bridgehead atoms. The first-order valence-electron chi connectivity index (χ1n) is 6.54. The van der Waals surface area contributed by atoms with Gasteiger partial charge in [-0.05, 0) is 40.8 Å². The van der Waals surface area contributed by atoms with E-state index in [1.54, 1.807) is 27.8 Å². The van der Waals surface area contributed by atoms with E-state index in [-0.39, 0.29) is 12.8 Å². The zero-order valence-electron chi connectivity index (χ0n) is 12.5. The molecule has 7 nitrogen and oxygen atoms in total. The molecule has 0 aliphatic rings. The van der Waals surface area contributed by atoms with Crippen LogP contribution < -0.4 is 10.6 Å². The molecule has 116 valence electrons. The number of aliphatic carboxylic acids is 1. The number of nitrogens with one attached hydrogen (secondary N) is 2. The van der Waals surface area contributed by atoms with Crippen molar-refractivity contribution in [2.45, 2.75) is 51.7 Å². The maximum Gasteiger partial charge on any atom is 0.326 e. The lowest BCUT2D eigenvalue weighted by molar-refractivity contribution is -0.158. The Hall–Kier alpha value is -1.63. The molecule has 0 aliphatic heterocycles. The van der Waals surface area contributed by atoms with E-state index in [2.05, 4.69) is 10.6 Å². The molecule has 0 aliphatic carbocycles. The van der Waals surface area contributed by atoms with Crippen LogP contribution in [0.3, 0.4) is 0 Å². The average Bonchev–Trinajstić information content (AvgIpc) is 2.25. The van der Waals surface area contributed by atoms with Crippen molar-refractivity contribution in [1.82, 2.24) is 10.6 Å². The first kappa shape index (κ1) is 18.4. The summed E-state index contributed by atoms with van der Waals surface area (Å²) in [7, 11) is 1.76. The summed E-state index contributed by atoms with van der Waals surface area (Å²) in [6, 6.07) is -1.26. The Balaban J connectivity index is 4.33. The standard InChI is InChI=1S/C13H24N2O5/c1-13(2,3)20-11(17)8-9(12(18)19)15-10(16)6-5-7-14-4/h9,14H,5-8H2,1-4H3,(H,15,16)(H,18,19)/t9-/m0/s1. The van der Waals surface area contributed by atoms with Crippen molar-refractivity contribution in [3.8, 4) is 0 Å². The maximum atomic E-state index is 11.6. The van der Waals surface area contributed by atoms with Crippen molar-refractivity contribution in [3.05, 3.63) is 0 Å². The highest BCUT2D eigenvalue weighted by Gasteiger charge is 2.26. The number of rotatable bonds is 8. The van der Waals surface area contributed by atoms with Crippen molar-refractivity contribution in [2.75, 3.05) is 13.6 Å². The molecule has 7 heteroatoms. The molecule has 0 fully saturated rings. The first-order chi connectivity index (χ1) is 9.15. The lowest BCUT2D eigenvalue weighted by Crippen LogP contribution is -2.43. The van der Waals surface area contributed by atoms with Gasteiger partial charge in [0.1, 0.15) is 11.6 Å². The van der Waals surface area contributed by atoms with Gasteiger partial charge in [0.2, 0.25) is 5.91 Å². The highest BCUT2D eigenvalue weighted by molar-refractivity contribution is 5.87. The molecule has 0 aromatic rings. The highest BCUT2D eigenvalue weighted by atomic mass is 16.6. The molecule has 0 spiro atoms. The van der Waals surface area contributed by atoms with Crippen LogP contribution in [0.5, 0.6) is 0 Å². The number of carboxylic acids is 1. The summed E-state index contributed by atoms with van der Waals surface area (Å²) in [4.78, 5) is 34.1. The number of ether oxygens (including phenoxy) is 1. The molecule has 0 aromatic carbocycles. The normalized spacial score (nSPS) is 12.6. The number of amides is 1. The Labute approximate surface area is 119 Å². The molecule has 0 heterocycles. The molecular weight excluding hydrogens is 264 g/mol. The summed E-state index contributed by atoms with van der Waals surface area (Å²) < 4.78 is 5.03. The zero-order valence-corrected chi connectivity index (χ0v) is 12.5. The van der Waals surface area contributed by atoms with Gasteiger partial charge in [0.05, 0.1) is 6.42 Å². The minimum atomic E-state index is -1.26.